The van der Waals surface area contributed by atoms with Gasteiger partial charge in [0, 0.05) is 36.1 Å². The number of benzene rings is 1. The maximum Gasteiger partial charge on any atom is 0.191 e. The predicted molar refractivity (Wildman–Crippen MR) is 128 cm³/mol. The first-order chi connectivity index (χ1) is 13.1. The average molecular weight is 514 g/mol. The molecule has 0 unspecified atom stereocenters. The molecule has 1 aliphatic rings. The molecule has 0 spiro atoms. The molecule has 2 aromatic rings. The van der Waals surface area contributed by atoms with Gasteiger partial charge in [-0.05, 0) is 51.2 Å². The summed E-state index contributed by atoms with van der Waals surface area (Å²) in [4.78, 5) is 10.4. The lowest BCUT2D eigenvalue weighted by Crippen LogP contribution is -2.38. The highest BCUT2D eigenvalue weighted by Crippen LogP contribution is 2.30. The van der Waals surface area contributed by atoms with Crippen LogP contribution < -0.4 is 15.4 Å². The highest BCUT2D eigenvalue weighted by molar-refractivity contribution is 14.0. The van der Waals surface area contributed by atoms with Crippen molar-refractivity contribution in [3.8, 4) is 5.75 Å². The fourth-order valence-corrected chi connectivity index (χ4v) is 3.52. The van der Waals surface area contributed by atoms with Gasteiger partial charge in [0.25, 0.3) is 0 Å². The minimum absolute atomic E-state index is 0. The van der Waals surface area contributed by atoms with E-state index >= 15 is 0 Å². The summed E-state index contributed by atoms with van der Waals surface area (Å²) in [6.07, 6.45) is 5.43. The van der Waals surface area contributed by atoms with Crippen LogP contribution in [0.5, 0.6) is 5.75 Å². The molecule has 1 heterocycles. The number of ether oxygens (including phenoxy) is 1. The first-order valence-electron chi connectivity index (χ1n) is 9.80. The topological polar surface area (TPSA) is 58.5 Å². The molecule has 3 rings (SSSR count). The first kappa shape index (κ1) is 22.9. The third kappa shape index (κ3) is 7.58. The van der Waals surface area contributed by atoms with E-state index in [9.17, 15) is 0 Å². The van der Waals surface area contributed by atoms with Crippen LogP contribution in [0.2, 0.25) is 0 Å². The summed E-state index contributed by atoms with van der Waals surface area (Å²) in [6, 6.07) is 6.38. The maximum absolute atomic E-state index is 6.06. The van der Waals surface area contributed by atoms with Gasteiger partial charge in [-0.15, -0.1) is 35.3 Å². The quantitative estimate of drug-likeness (QED) is 0.295. The number of thiazole rings is 1. The van der Waals surface area contributed by atoms with Crippen LogP contribution >= 0.6 is 35.3 Å². The van der Waals surface area contributed by atoms with Gasteiger partial charge in [-0.3, -0.25) is 0 Å². The van der Waals surface area contributed by atoms with Crippen LogP contribution in [-0.2, 0) is 13.0 Å². The standard InChI is InChI=1S/C21H30N4OS.HI/c1-4-22-21(23-10-9-20-24-12-16(3)27-20)25-13-18-8-5-15(2)11-19(18)26-14-17-6-7-17;/h5,8,11-12,17H,4,6-7,9-10,13-14H2,1-3H3,(H2,22,23,25);1H. The van der Waals surface area contributed by atoms with E-state index in [-0.39, 0.29) is 24.0 Å². The largest absolute Gasteiger partial charge is 0.493 e. The first-order valence-corrected chi connectivity index (χ1v) is 10.6. The number of guanidine groups is 1. The Labute approximate surface area is 189 Å². The monoisotopic (exact) mass is 514 g/mol. The van der Waals surface area contributed by atoms with E-state index in [1.807, 2.05) is 6.20 Å². The fourth-order valence-electron chi connectivity index (χ4n) is 2.73. The summed E-state index contributed by atoms with van der Waals surface area (Å²) >= 11 is 1.75. The van der Waals surface area contributed by atoms with Crippen molar-refractivity contribution in [2.45, 2.75) is 46.6 Å². The van der Waals surface area contributed by atoms with Crippen LogP contribution in [0.15, 0.2) is 29.4 Å². The Kier molecular flexibility index (Phi) is 9.50. The number of nitrogens with one attached hydrogen (secondary N) is 2. The smallest absolute Gasteiger partial charge is 0.191 e. The molecule has 5 nitrogen and oxygen atoms in total. The number of aliphatic imine (C=N–C) groups is 1. The summed E-state index contributed by atoms with van der Waals surface area (Å²) in [7, 11) is 0. The van der Waals surface area contributed by atoms with Gasteiger partial charge in [-0.1, -0.05) is 12.1 Å². The van der Waals surface area contributed by atoms with Crippen molar-refractivity contribution in [2.24, 2.45) is 10.9 Å². The van der Waals surface area contributed by atoms with Crippen molar-refractivity contribution >= 4 is 41.3 Å². The van der Waals surface area contributed by atoms with E-state index in [0.29, 0.717) is 6.54 Å². The molecule has 1 fully saturated rings. The molecular formula is C21H31IN4OS. The summed E-state index contributed by atoms with van der Waals surface area (Å²) < 4.78 is 6.06. The van der Waals surface area contributed by atoms with Gasteiger partial charge < -0.3 is 15.4 Å². The SMILES string of the molecule is CCNC(=NCc1ccc(C)cc1OCC1CC1)NCCc1ncc(C)s1.I. The van der Waals surface area contributed by atoms with Crippen LogP contribution in [0.3, 0.4) is 0 Å². The van der Waals surface area contributed by atoms with Crippen LogP contribution in [0.4, 0.5) is 0 Å². The molecule has 1 saturated carbocycles. The number of aryl methyl sites for hydroxylation is 2. The molecule has 154 valence electrons. The predicted octanol–water partition coefficient (Wildman–Crippen LogP) is 4.46. The van der Waals surface area contributed by atoms with Gasteiger partial charge in [0.2, 0.25) is 0 Å². The number of rotatable bonds is 9. The minimum atomic E-state index is 0. The van der Waals surface area contributed by atoms with Crippen molar-refractivity contribution in [2.75, 3.05) is 19.7 Å². The molecule has 0 bridgehead atoms. The second-order valence-corrected chi connectivity index (χ2v) is 8.42. The maximum atomic E-state index is 6.06. The summed E-state index contributed by atoms with van der Waals surface area (Å²) in [5.41, 5.74) is 2.35. The number of halogens is 1. The van der Waals surface area contributed by atoms with E-state index < -0.39 is 0 Å². The molecule has 0 atom stereocenters. The second-order valence-electron chi connectivity index (χ2n) is 7.10. The zero-order valence-electron chi connectivity index (χ0n) is 17.0. The highest BCUT2D eigenvalue weighted by atomic mass is 127. The Bertz CT molecular complexity index is 774. The number of nitrogens with zero attached hydrogens (tertiary/aromatic N) is 2. The van der Waals surface area contributed by atoms with E-state index in [1.165, 1.54) is 23.3 Å². The van der Waals surface area contributed by atoms with Gasteiger partial charge in [0.1, 0.15) is 5.75 Å². The van der Waals surface area contributed by atoms with E-state index in [2.05, 4.69) is 54.6 Å². The Morgan fingerprint density at radius 3 is 2.79 bits per heavy atom. The summed E-state index contributed by atoms with van der Waals surface area (Å²) in [5, 5.41) is 7.88. The van der Waals surface area contributed by atoms with Gasteiger partial charge in [-0.25, -0.2) is 9.98 Å². The van der Waals surface area contributed by atoms with E-state index in [0.717, 1.165) is 54.3 Å². The van der Waals surface area contributed by atoms with Gasteiger partial charge >= 0.3 is 0 Å². The van der Waals surface area contributed by atoms with Crippen molar-refractivity contribution in [1.29, 1.82) is 0 Å². The van der Waals surface area contributed by atoms with Crippen LogP contribution in [0.25, 0.3) is 0 Å². The van der Waals surface area contributed by atoms with E-state index in [1.54, 1.807) is 11.3 Å². The molecule has 0 radical (unpaired) electrons. The molecule has 0 saturated heterocycles. The van der Waals surface area contributed by atoms with Gasteiger partial charge in [-0.2, -0.15) is 0 Å². The highest BCUT2D eigenvalue weighted by Gasteiger charge is 2.22. The van der Waals surface area contributed by atoms with Crippen molar-refractivity contribution in [3.63, 3.8) is 0 Å². The minimum Gasteiger partial charge on any atom is -0.493 e. The number of hydrogen-bond donors (Lipinski definition) is 2. The zero-order chi connectivity index (χ0) is 19.1. The molecular weight excluding hydrogens is 483 g/mol. The van der Waals surface area contributed by atoms with Crippen molar-refractivity contribution in [1.82, 2.24) is 15.6 Å². The van der Waals surface area contributed by atoms with Crippen molar-refractivity contribution in [3.05, 3.63) is 45.4 Å². The Morgan fingerprint density at radius 1 is 1.29 bits per heavy atom. The van der Waals surface area contributed by atoms with Crippen LogP contribution in [0, 0.1) is 19.8 Å². The molecule has 1 aliphatic carbocycles. The lowest BCUT2D eigenvalue weighted by molar-refractivity contribution is 0.296. The Hall–Kier alpha value is -1.35. The lowest BCUT2D eigenvalue weighted by atomic mass is 10.1. The fraction of sp³-hybridized carbons (Fsp3) is 0.524. The molecule has 2 N–H and O–H groups in total. The average Bonchev–Trinajstić information content (AvgIpc) is 3.39. The Morgan fingerprint density at radius 2 is 2.11 bits per heavy atom. The Balaban J connectivity index is 0.00000280. The number of hydrogen-bond acceptors (Lipinski definition) is 4. The van der Waals surface area contributed by atoms with Gasteiger partial charge in [0.05, 0.1) is 18.2 Å². The zero-order valence-corrected chi connectivity index (χ0v) is 20.1. The lowest BCUT2D eigenvalue weighted by Gasteiger charge is -2.13. The molecule has 1 aromatic carbocycles. The van der Waals surface area contributed by atoms with E-state index in [4.69, 9.17) is 9.73 Å². The molecule has 0 aliphatic heterocycles. The normalized spacial score (nSPS) is 13.8. The molecule has 28 heavy (non-hydrogen) atoms. The van der Waals surface area contributed by atoms with Gasteiger partial charge in [0.15, 0.2) is 5.96 Å². The van der Waals surface area contributed by atoms with Crippen molar-refractivity contribution < 1.29 is 4.74 Å². The molecule has 1 aromatic heterocycles. The third-order valence-electron chi connectivity index (χ3n) is 4.45. The summed E-state index contributed by atoms with van der Waals surface area (Å²) in [5.74, 6) is 2.55. The summed E-state index contributed by atoms with van der Waals surface area (Å²) in [6.45, 7) is 9.35. The van der Waals surface area contributed by atoms with Crippen LogP contribution in [0.1, 0.15) is 40.8 Å². The number of aromatic nitrogens is 1. The van der Waals surface area contributed by atoms with Crippen LogP contribution in [-0.4, -0.2) is 30.6 Å². The molecule has 7 heteroatoms. The molecule has 0 amide bonds. The third-order valence-corrected chi connectivity index (χ3v) is 5.42. The second kappa shape index (κ2) is 11.6.